The zero-order valence-electron chi connectivity index (χ0n) is 14.2. The molecule has 0 aromatic rings. The Bertz CT molecular complexity index is 296. The van der Waals surface area contributed by atoms with E-state index < -0.39 is 0 Å². The number of hydrogen-bond donors (Lipinski definition) is 2. The lowest BCUT2D eigenvalue weighted by Crippen LogP contribution is -2.28. The highest BCUT2D eigenvalue weighted by atomic mass is 33.1. The topological polar surface area (TPSA) is 46.2 Å². The number of aliphatic hydroxyl groups is 1. The van der Waals surface area contributed by atoms with Crippen LogP contribution in [0.25, 0.3) is 0 Å². The average molecular weight is 396 g/mol. The number of unbranched alkanes of at least 4 members (excludes halogenated alkanes) is 1. The standard InChI is InChI=1S/C17H33NOS4/c18-13-14(5-3-7-15-8-4-11-20-22-15)17(19)9-2-1-6-16-10-12-21-23-16/h14-17,19H,1-13,18H2. The van der Waals surface area contributed by atoms with E-state index in [2.05, 4.69) is 21.6 Å². The molecule has 2 rings (SSSR count). The minimum absolute atomic E-state index is 0.181. The van der Waals surface area contributed by atoms with Crippen LogP contribution in [0, 0.1) is 5.92 Å². The summed E-state index contributed by atoms with van der Waals surface area (Å²) >= 11 is 0. The van der Waals surface area contributed by atoms with Crippen molar-refractivity contribution in [2.75, 3.05) is 18.1 Å². The number of rotatable bonds is 11. The molecule has 0 saturated carbocycles. The van der Waals surface area contributed by atoms with Crippen molar-refractivity contribution in [1.29, 1.82) is 0 Å². The summed E-state index contributed by atoms with van der Waals surface area (Å²) in [5, 5.41) is 12.1. The van der Waals surface area contributed by atoms with Crippen molar-refractivity contribution in [3.63, 3.8) is 0 Å². The van der Waals surface area contributed by atoms with Gasteiger partial charge in [-0.3, -0.25) is 0 Å². The molecule has 136 valence electrons. The summed E-state index contributed by atoms with van der Waals surface area (Å²) in [5.74, 6) is 2.96. The van der Waals surface area contributed by atoms with Gasteiger partial charge in [0.2, 0.25) is 0 Å². The first-order valence-corrected chi connectivity index (χ1v) is 14.0. The third-order valence-electron chi connectivity index (χ3n) is 4.91. The van der Waals surface area contributed by atoms with Crippen LogP contribution < -0.4 is 5.73 Å². The quantitative estimate of drug-likeness (QED) is 0.363. The van der Waals surface area contributed by atoms with Gasteiger partial charge in [0.05, 0.1) is 6.10 Å². The molecule has 0 aromatic heterocycles. The third kappa shape index (κ3) is 8.50. The number of hydrogen-bond acceptors (Lipinski definition) is 6. The predicted octanol–water partition coefficient (Wildman–Crippen LogP) is 5.35. The molecule has 0 radical (unpaired) electrons. The molecule has 2 fully saturated rings. The van der Waals surface area contributed by atoms with Crippen molar-refractivity contribution in [2.45, 2.75) is 80.8 Å². The van der Waals surface area contributed by atoms with Crippen LogP contribution in [-0.4, -0.2) is 39.8 Å². The minimum atomic E-state index is -0.181. The first kappa shape index (κ1) is 20.6. The lowest BCUT2D eigenvalue weighted by Gasteiger charge is -2.24. The van der Waals surface area contributed by atoms with Gasteiger partial charge in [0.25, 0.3) is 0 Å². The normalized spacial score (nSPS) is 27.9. The van der Waals surface area contributed by atoms with Crippen LogP contribution in [0.15, 0.2) is 0 Å². The summed E-state index contributed by atoms with van der Waals surface area (Å²) in [6.45, 7) is 0.642. The average Bonchev–Trinajstić information content (AvgIpc) is 3.10. The Balaban J connectivity index is 1.52. The van der Waals surface area contributed by atoms with Gasteiger partial charge in [-0.2, -0.15) is 0 Å². The van der Waals surface area contributed by atoms with Gasteiger partial charge in [-0.15, -0.1) is 0 Å². The first-order valence-electron chi connectivity index (χ1n) is 9.24. The lowest BCUT2D eigenvalue weighted by atomic mass is 9.91. The molecule has 0 amide bonds. The van der Waals surface area contributed by atoms with Gasteiger partial charge < -0.3 is 10.8 Å². The van der Waals surface area contributed by atoms with Gasteiger partial charge in [-0.1, -0.05) is 62.4 Å². The second kappa shape index (κ2) is 12.6. The van der Waals surface area contributed by atoms with Crippen molar-refractivity contribution in [2.24, 2.45) is 11.7 Å². The largest absolute Gasteiger partial charge is 0.393 e. The molecule has 4 unspecified atom stereocenters. The van der Waals surface area contributed by atoms with Crippen LogP contribution in [0.3, 0.4) is 0 Å². The Morgan fingerprint density at radius 2 is 1.65 bits per heavy atom. The monoisotopic (exact) mass is 395 g/mol. The Hall–Kier alpha value is 1.32. The fourth-order valence-electron chi connectivity index (χ4n) is 3.36. The summed E-state index contributed by atoms with van der Waals surface area (Å²) in [5.41, 5.74) is 5.92. The second-order valence-electron chi connectivity index (χ2n) is 6.79. The molecule has 3 N–H and O–H groups in total. The molecule has 2 aliphatic rings. The zero-order chi connectivity index (χ0) is 16.3. The van der Waals surface area contributed by atoms with Crippen LogP contribution in [0.1, 0.15) is 64.2 Å². The molecule has 0 aliphatic carbocycles. The van der Waals surface area contributed by atoms with Gasteiger partial charge in [0, 0.05) is 22.0 Å². The van der Waals surface area contributed by atoms with Crippen molar-refractivity contribution < 1.29 is 5.11 Å². The maximum atomic E-state index is 10.4. The molecule has 2 nitrogen and oxygen atoms in total. The van der Waals surface area contributed by atoms with Crippen LogP contribution in [0.5, 0.6) is 0 Å². The summed E-state index contributed by atoms with van der Waals surface area (Å²) in [6, 6.07) is 0. The van der Waals surface area contributed by atoms with E-state index in [0.717, 1.165) is 29.8 Å². The second-order valence-corrected chi connectivity index (χ2v) is 12.4. The zero-order valence-corrected chi connectivity index (χ0v) is 17.4. The van der Waals surface area contributed by atoms with Gasteiger partial charge in [0.1, 0.15) is 0 Å². The highest BCUT2D eigenvalue weighted by Crippen LogP contribution is 2.40. The molecule has 2 saturated heterocycles. The summed E-state index contributed by atoms with van der Waals surface area (Å²) in [7, 11) is 8.21. The van der Waals surface area contributed by atoms with Gasteiger partial charge in [0.15, 0.2) is 0 Å². The smallest absolute Gasteiger partial charge is 0.0580 e. The summed E-state index contributed by atoms with van der Waals surface area (Å²) in [4.78, 5) is 0. The fourth-order valence-corrected chi connectivity index (χ4v) is 9.28. The van der Waals surface area contributed by atoms with Crippen molar-refractivity contribution in [1.82, 2.24) is 0 Å². The summed E-state index contributed by atoms with van der Waals surface area (Å²) < 4.78 is 0. The molecule has 2 heterocycles. The van der Waals surface area contributed by atoms with E-state index in [1.807, 2.05) is 21.6 Å². The summed E-state index contributed by atoms with van der Waals surface area (Å²) in [6.07, 6.45) is 12.3. The van der Waals surface area contributed by atoms with Crippen molar-refractivity contribution >= 4 is 43.2 Å². The number of aliphatic hydroxyl groups excluding tert-OH is 1. The fraction of sp³-hybridized carbons (Fsp3) is 1.00. The van der Waals surface area contributed by atoms with Gasteiger partial charge in [-0.25, -0.2) is 0 Å². The minimum Gasteiger partial charge on any atom is -0.393 e. The van der Waals surface area contributed by atoms with E-state index in [-0.39, 0.29) is 6.10 Å². The highest BCUT2D eigenvalue weighted by Gasteiger charge is 2.20. The lowest BCUT2D eigenvalue weighted by molar-refractivity contribution is 0.0935. The van der Waals surface area contributed by atoms with Crippen LogP contribution >= 0.6 is 43.2 Å². The van der Waals surface area contributed by atoms with Crippen LogP contribution in [0.4, 0.5) is 0 Å². The Kier molecular flexibility index (Phi) is 11.3. The van der Waals surface area contributed by atoms with Crippen LogP contribution in [-0.2, 0) is 0 Å². The Morgan fingerprint density at radius 3 is 2.35 bits per heavy atom. The predicted molar refractivity (Wildman–Crippen MR) is 112 cm³/mol. The molecular formula is C17H33NOS4. The van der Waals surface area contributed by atoms with E-state index in [1.165, 1.54) is 56.5 Å². The van der Waals surface area contributed by atoms with Crippen molar-refractivity contribution in [3.8, 4) is 0 Å². The number of nitrogens with two attached hydrogens (primary N) is 1. The van der Waals surface area contributed by atoms with E-state index in [1.54, 1.807) is 0 Å². The first-order chi connectivity index (χ1) is 11.3. The van der Waals surface area contributed by atoms with E-state index in [9.17, 15) is 5.11 Å². The molecule has 6 heteroatoms. The SMILES string of the molecule is NCC(CCCC1CCCSS1)C(O)CCCCC1CCSS1. The van der Waals surface area contributed by atoms with E-state index in [4.69, 9.17) is 5.73 Å². The highest BCUT2D eigenvalue weighted by molar-refractivity contribution is 8.77. The molecule has 2 aliphatic heterocycles. The van der Waals surface area contributed by atoms with E-state index in [0.29, 0.717) is 12.5 Å². The maximum Gasteiger partial charge on any atom is 0.0580 e. The molecule has 23 heavy (non-hydrogen) atoms. The maximum absolute atomic E-state index is 10.4. The van der Waals surface area contributed by atoms with E-state index >= 15 is 0 Å². The van der Waals surface area contributed by atoms with Crippen LogP contribution in [0.2, 0.25) is 0 Å². The molecule has 4 atom stereocenters. The van der Waals surface area contributed by atoms with Gasteiger partial charge >= 0.3 is 0 Å². The molecule has 0 aromatic carbocycles. The molecule has 0 spiro atoms. The Labute approximate surface area is 158 Å². The molecule has 0 bridgehead atoms. The third-order valence-corrected chi connectivity index (χ3v) is 11.0. The molecular weight excluding hydrogens is 362 g/mol. The van der Waals surface area contributed by atoms with Crippen molar-refractivity contribution in [3.05, 3.63) is 0 Å². The Morgan fingerprint density at radius 1 is 0.913 bits per heavy atom. The van der Waals surface area contributed by atoms with Gasteiger partial charge in [-0.05, 0) is 57.4 Å².